The fourth-order valence-corrected chi connectivity index (χ4v) is 2.01. The predicted octanol–water partition coefficient (Wildman–Crippen LogP) is 3.77. The van der Waals surface area contributed by atoms with Gasteiger partial charge in [-0.3, -0.25) is 0 Å². The Balaban J connectivity index is 2.14. The van der Waals surface area contributed by atoms with E-state index < -0.39 is 5.97 Å². The zero-order valence-electron chi connectivity index (χ0n) is 9.64. The number of carbonyl (C=O) groups is 1. The maximum absolute atomic E-state index is 10.9. The summed E-state index contributed by atoms with van der Waals surface area (Å²) < 4.78 is 6.37. The lowest BCUT2D eigenvalue weighted by molar-refractivity contribution is 0.0689. The largest absolute Gasteiger partial charge is 0.476 e. The van der Waals surface area contributed by atoms with Gasteiger partial charge in [-0.2, -0.15) is 0 Å². The minimum Gasteiger partial charge on any atom is -0.476 e. The maximum Gasteiger partial charge on any atom is 0.356 e. The summed E-state index contributed by atoms with van der Waals surface area (Å²) in [5, 5.41) is 8.99. The zero-order chi connectivity index (χ0) is 13.8. The van der Waals surface area contributed by atoms with E-state index in [1.807, 2.05) is 24.3 Å². The van der Waals surface area contributed by atoms with Crippen molar-refractivity contribution in [2.24, 2.45) is 0 Å². The van der Waals surface area contributed by atoms with Gasteiger partial charge in [0, 0.05) is 16.1 Å². The standard InChI is InChI=1S/C13H9BrClNO3/c14-9-4-2-1-3-8(9)7-19-11-6-5-10(15)12(16-11)13(17)18/h1-6H,7H2,(H,17,18). The van der Waals surface area contributed by atoms with Gasteiger partial charge in [-0.15, -0.1) is 0 Å². The lowest BCUT2D eigenvalue weighted by atomic mass is 10.2. The van der Waals surface area contributed by atoms with E-state index in [0.717, 1.165) is 10.0 Å². The zero-order valence-corrected chi connectivity index (χ0v) is 12.0. The highest BCUT2D eigenvalue weighted by Gasteiger charge is 2.12. The molecule has 1 aromatic carbocycles. The van der Waals surface area contributed by atoms with Crippen LogP contribution in [0.4, 0.5) is 0 Å². The highest BCUT2D eigenvalue weighted by atomic mass is 79.9. The molecule has 0 fully saturated rings. The number of pyridine rings is 1. The molecule has 0 aliphatic rings. The Kier molecular flexibility index (Phi) is 4.39. The van der Waals surface area contributed by atoms with Crippen LogP contribution in [0.1, 0.15) is 16.1 Å². The summed E-state index contributed by atoms with van der Waals surface area (Å²) in [6.45, 7) is 0.287. The van der Waals surface area contributed by atoms with Crippen molar-refractivity contribution in [1.29, 1.82) is 0 Å². The third-order valence-corrected chi connectivity index (χ3v) is 3.44. The van der Waals surface area contributed by atoms with Crippen LogP contribution in [0.25, 0.3) is 0 Å². The van der Waals surface area contributed by atoms with E-state index in [1.54, 1.807) is 0 Å². The van der Waals surface area contributed by atoms with Gasteiger partial charge in [0.2, 0.25) is 5.88 Å². The van der Waals surface area contributed by atoms with E-state index in [4.69, 9.17) is 21.4 Å². The quantitative estimate of drug-likeness (QED) is 0.918. The molecule has 0 spiro atoms. The highest BCUT2D eigenvalue weighted by Crippen LogP contribution is 2.21. The molecular formula is C13H9BrClNO3. The SMILES string of the molecule is O=C(O)c1nc(OCc2ccccc2Br)ccc1Cl. The van der Waals surface area contributed by atoms with Gasteiger partial charge < -0.3 is 9.84 Å². The van der Waals surface area contributed by atoms with E-state index in [-0.39, 0.29) is 23.2 Å². The molecule has 4 nitrogen and oxygen atoms in total. The Hall–Kier alpha value is -1.59. The summed E-state index contributed by atoms with van der Waals surface area (Å²) in [7, 11) is 0. The average molecular weight is 343 g/mol. The summed E-state index contributed by atoms with van der Waals surface area (Å²) in [5.74, 6) is -0.964. The van der Waals surface area contributed by atoms with Gasteiger partial charge >= 0.3 is 5.97 Å². The highest BCUT2D eigenvalue weighted by molar-refractivity contribution is 9.10. The molecule has 0 radical (unpaired) electrons. The second-order valence-corrected chi connectivity index (χ2v) is 4.93. The normalized spacial score (nSPS) is 10.2. The number of ether oxygens (including phenoxy) is 1. The van der Waals surface area contributed by atoms with Crippen LogP contribution in [0, 0.1) is 0 Å². The summed E-state index contributed by atoms with van der Waals surface area (Å²) >= 11 is 9.13. The number of carboxylic acids is 1. The van der Waals surface area contributed by atoms with Crippen LogP contribution in [0.3, 0.4) is 0 Å². The van der Waals surface area contributed by atoms with Crippen LogP contribution >= 0.6 is 27.5 Å². The van der Waals surface area contributed by atoms with E-state index >= 15 is 0 Å². The number of aromatic carboxylic acids is 1. The van der Waals surface area contributed by atoms with Gasteiger partial charge in [0.15, 0.2) is 5.69 Å². The minimum absolute atomic E-state index is 0.0840. The monoisotopic (exact) mass is 341 g/mol. The molecule has 0 saturated carbocycles. The topological polar surface area (TPSA) is 59.4 Å². The molecule has 2 rings (SSSR count). The Labute approximate surface area is 123 Å². The van der Waals surface area contributed by atoms with Crippen LogP contribution in [0.2, 0.25) is 5.02 Å². The third kappa shape index (κ3) is 3.45. The molecular weight excluding hydrogens is 334 g/mol. The number of rotatable bonds is 4. The van der Waals surface area contributed by atoms with Crippen LogP contribution < -0.4 is 4.74 Å². The second-order valence-electron chi connectivity index (χ2n) is 3.67. The molecule has 0 aliphatic carbocycles. The second kappa shape index (κ2) is 6.04. The first-order chi connectivity index (χ1) is 9.08. The number of hydrogen-bond donors (Lipinski definition) is 1. The predicted molar refractivity (Wildman–Crippen MR) is 74.7 cm³/mol. The summed E-state index contributed by atoms with van der Waals surface area (Å²) in [6.07, 6.45) is 0. The van der Waals surface area contributed by atoms with Gasteiger partial charge in [-0.1, -0.05) is 45.7 Å². The summed E-state index contributed by atoms with van der Waals surface area (Å²) in [6, 6.07) is 10.6. The van der Waals surface area contributed by atoms with Crippen molar-refractivity contribution in [3.63, 3.8) is 0 Å². The van der Waals surface area contributed by atoms with Crippen molar-refractivity contribution in [2.45, 2.75) is 6.61 Å². The Morgan fingerprint density at radius 3 is 2.74 bits per heavy atom. The number of nitrogens with zero attached hydrogens (tertiary/aromatic N) is 1. The first-order valence-corrected chi connectivity index (χ1v) is 6.51. The average Bonchev–Trinajstić information content (AvgIpc) is 2.39. The molecule has 1 aromatic heterocycles. The van der Waals surface area contributed by atoms with Crippen molar-refractivity contribution in [3.05, 3.63) is 57.2 Å². The molecule has 0 bridgehead atoms. The van der Waals surface area contributed by atoms with Crippen LogP contribution in [0.5, 0.6) is 5.88 Å². The smallest absolute Gasteiger partial charge is 0.356 e. The summed E-state index contributed by atoms with van der Waals surface area (Å²) in [5.41, 5.74) is 0.724. The molecule has 0 amide bonds. The Bertz CT molecular complexity index is 619. The van der Waals surface area contributed by atoms with E-state index in [1.165, 1.54) is 12.1 Å². The maximum atomic E-state index is 10.9. The Morgan fingerprint density at radius 1 is 1.32 bits per heavy atom. The number of halogens is 2. The summed E-state index contributed by atoms with van der Waals surface area (Å²) in [4.78, 5) is 14.7. The molecule has 0 atom stereocenters. The molecule has 19 heavy (non-hydrogen) atoms. The lowest BCUT2D eigenvalue weighted by Crippen LogP contribution is -2.04. The van der Waals surface area contributed by atoms with Gasteiger partial charge in [-0.25, -0.2) is 9.78 Å². The van der Waals surface area contributed by atoms with Crippen molar-refractivity contribution in [3.8, 4) is 5.88 Å². The fourth-order valence-electron chi connectivity index (χ4n) is 1.42. The number of benzene rings is 1. The van der Waals surface area contributed by atoms with E-state index in [2.05, 4.69) is 20.9 Å². The first-order valence-electron chi connectivity index (χ1n) is 5.34. The van der Waals surface area contributed by atoms with Crippen LogP contribution in [-0.4, -0.2) is 16.1 Å². The van der Waals surface area contributed by atoms with Gasteiger partial charge in [-0.05, 0) is 12.1 Å². The fraction of sp³-hybridized carbons (Fsp3) is 0.0769. The van der Waals surface area contributed by atoms with E-state index in [0.29, 0.717) is 0 Å². The number of aromatic nitrogens is 1. The molecule has 98 valence electrons. The van der Waals surface area contributed by atoms with Crippen LogP contribution in [0.15, 0.2) is 40.9 Å². The molecule has 0 saturated heterocycles. The molecule has 1 N–H and O–H groups in total. The molecule has 0 unspecified atom stereocenters. The van der Waals surface area contributed by atoms with Gasteiger partial charge in [0.25, 0.3) is 0 Å². The first kappa shape index (κ1) is 13.8. The molecule has 6 heteroatoms. The molecule has 0 aliphatic heterocycles. The number of carboxylic acid groups (broad SMARTS) is 1. The van der Waals surface area contributed by atoms with Crippen molar-refractivity contribution in [2.75, 3.05) is 0 Å². The van der Waals surface area contributed by atoms with Crippen molar-refractivity contribution < 1.29 is 14.6 Å². The van der Waals surface area contributed by atoms with Crippen molar-refractivity contribution in [1.82, 2.24) is 4.98 Å². The van der Waals surface area contributed by atoms with Crippen LogP contribution in [-0.2, 0) is 6.61 Å². The molecule has 2 aromatic rings. The Morgan fingerprint density at radius 2 is 2.05 bits per heavy atom. The molecule has 1 heterocycles. The third-order valence-electron chi connectivity index (χ3n) is 2.36. The van der Waals surface area contributed by atoms with Crippen molar-refractivity contribution >= 4 is 33.5 Å². The van der Waals surface area contributed by atoms with E-state index in [9.17, 15) is 4.79 Å². The lowest BCUT2D eigenvalue weighted by Gasteiger charge is -2.08. The van der Waals surface area contributed by atoms with Gasteiger partial charge in [0.1, 0.15) is 6.61 Å². The minimum atomic E-state index is -1.18. The number of hydrogen-bond acceptors (Lipinski definition) is 3. The van der Waals surface area contributed by atoms with Gasteiger partial charge in [0.05, 0.1) is 5.02 Å².